The molecular formula is C24H28N4O3. The molecule has 1 fully saturated rings. The van der Waals surface area contributed by atoms with Crippen LogP contribution < -0.4 is 9.47 Å². The maximum atomic E-state index is 13.6. The lowest BCUT2D eigenvalue weighted by molar-refractivity contribution is 0.0644. The number of ether oxygens (including phenoxy) is 2. The minimum atomic E-state index is -0.0159. The summed E-state index contributed by atoms with van der Waals surface area (Å²) >= 11 is 0. The Bertz CT molecular complexity index is 1040. The van der Waals surface area contributed by atoms with Crippen LogP contribution in [0, 0.1) is 0 Å². The Morgan fingerprint density at radius 3 is 2.39 bits per heavy atom. The maximum Gasteiger partial charge on any atom is 0.257 e. The van der Waals surface area contributed by atoms with Crippen LogP contribution in [0.15, 0.2) is 54.7 Å². The standard InChI is InChI=1S/C24H28N4O3/c1-4-26-12-14-27(15-13-26)24(29)21-17-28(18-8-6-5-7-9-18)25-23(21)20-16-19(30-2)10-11-22(20)31-3/h5-11,16-17H,4,12-15H2,1-3H3. The van der Waals surface area contributed by atoms with Gasteiger partial charge in [0.1, 0.15) is 17.2 Å². The van der Waals surface area contributed by atoms with Crippen LogP contribution >= 0.6 is 0 Å². The molecule has 1 saturated heterocycles. The van der Waals surface area contributed by atoms with E-state index in [0.29, 0.717) is 35.8 Å². The molecule has 1 aliphatic heterocycles. The molecule has 4 rings (SSSR count). The molecule has 1 amide bonds. The number of hydrogen-bond acceptors (Lipinski definition) is 5. The van der Waals surface area contributed by atoms with Crippen LogP contribution in [0.4, 0.5) is 0 Å². The van der Waals surface area contributed by atoms with Gasteiger partial charge in [0.15, 0.2) is 0 Å². The summed E-state index contributed by atoms with van der Waals surface area (Å²) < 4.78 is 12.8. The maximum absolute atomic E-state index is 13.6. The van der Waals surface area contributed by atoms with Crippen molar-refractivity contribution in [2.75, 3.05) is 46.9 Å². The normalized spacial score (nSPS) is 14.5. The molecule has 2 heterocycles. The predicted molar refractivity (Wildman–Crippen MR) is 120 cm³/mol. The highest BCUT2D eigenvalue weighted by molar-refractivity contribution is 6.00. The average Bonchev–Trinajstić information content (AvgIpc) is 3.29. The van der Waals surface area contributed by atoms with E-state index in [2.05, 4.69) is 11.8 Å². The lowest BCUT2D eigenvalue weighted by Crippen LogP contribution is -2.48. The number of methoxy groups -OCH3 is 2. The lowest BCUT2D eigenvalue weighted by atomic mass is 10.1. The van der Waals surface area contributed by atoms with Gasteiger partial charge >= 0.3 is 0 Å². The van der Waals surface area contributed by atoms with Crippen LogP contribution in [0.1, 0.15) is 17.3 Å². The minimum Gasteiger partial charge on any atom is -0.497 e. The molecule has 162 valence electrons. The molecule has 1 aliphatic rings. The Balaban J connectivity index is 1.79. The lowest BCUT2D eigenvalue weighted by Gasteiger charge is -2.34. The summed E-state index contributed by atoms with van der Waals surface area (Å²) in [7, 11) is 3.23. The third-order valence-corrected chi connectivity index (χ3v) is 5.73. The number of piperazine rings is 1. The number of benzene rings is 2. The summed E-state index contributed by atoms with van der Waals surface area (Å²) in [5.74, 6) is 1.31. The third-order valence-electron chi connectivity index (χ3n) is 5.73. The molecule has 0 bridgehead atoms. The molecule has 0 aliphatic carbocycles. The van der Waals surface area contributed by atoms with Crippen LogP contribution in [0.25, 0.3) is 16.9 Å². The summed E-state index contributed by atoms with van der Waals surface area (Å²) in [6.07, 6.45) is 1.82. The second-order valence-electron chi connectivity index (χ2n) is 7.46. The Morgan fingerprint density at radius 2 is 1.74 bits per heavy atom. The monoisotopic (exact) mass is 420 g/mol. The van der Waals surface area contributed by atoms with E-state index >= 15 is 0 Å². The Labute approximate surface area is 182 Å². The first-order valence-electron chi connectivity index (χ1n) is 10.5. The molecule has 7 nitrogen and oxygen atoms in total. The van der Waals surface area contributed by atoms with Crippen molar-refractivity contribution in [1.82, 2.24) is 19.6 Å². The molecule has 0 saturated carbocycles. The van der Waals surface area contributed by atoms with E-state index in [4.69, 9.17) is 14.6 Å². The summed E-state index contributed by atoms with van der Waals surface area (Å²) in [6.45, 7) is 6.32. The number of amides is 1. The van der Waals surface area contributed by atoms with Gasteiger partial charge in [-0.2, -0.15) is 5.10 Å². The summed E-state index contributed by atoms with van der Waals surface area (Å²) in [5.41, 5.74) is 2.76. The van der Waals surface area contributed by atoms with Gasteiger partial charge < -0.3 is 19.3 Å². The van der Waals surface area contributed by atoms with Gasteiger partial charge in [-0.05, 0) is 36.9 Å². The number of hydrogen-bond donors (Lipinski definition) is 0. The van der Waals surface area contributed by atoms with Gasteiger partial charge in [0.05, 0.1) is 25.5 Å². The van der Waals surface area contributed by atoms with Gasteiger partial charge in [-0.3, -0.25) is 4.79 Å². The molecule has 1 aromatic heterocycles. The van der Waals surface area contributed by atoms with Gasteiger partial charge in [0.25, 0.3) is 5.91 Å². The molecule has 31 heavy (non-hydrogen) atoms. The van der Waals surface area contributed by atoms with Crippen molar-refractivity contribution in [2.45, 2.75) is 6.92 Å². The fourth-order valence-electron chi connectivity index (χ4n) is 3.88. The molecule has 3 aromatic rings. The molecule has 0 N–H and O–H groups in total. The van der Waals surface area contributed by atoms with Crippen LogP contribution in [-0.2, 0) is 0 Å². The number of para-hydroxylation sites is 1. The summed E-state index contributed by atoms with van der Waals surface area (Å²) in [6, 6.07) is 15.3. The molecular weight excluding hydrogens is 392 g/mol. The van der Waals surface area contributed by atoms with Crippen molar-refractivity contribution in [1.29, 1.82) is 0 Å². The largest absolute Gasteiger partial charge is 0.497 e. The first-order valence-corrected chi connectivity index (χ1v) is 10.5. The van der Waals surface area contributed by atoms with Crippen molar-refractivity contribution in [2.24, 2.45) is 0 Å². The van der Waals surface area contributed by atoms with E-state index in [0.717, 1.165) is 30.9 Å². The van der Waals surface area contributed by atoms with Gasteiger partial charge in [0.2, 0.25) is 0 Å². The van der Waals surface area contributed by atoms with E-state index in [1.54, 1.807) is 18.9 Å². The summed E-state index contributed by atoms with van der Waals surface area (Å²) in [4.78, 5) is 17.8. The highest BCUT2D eigenvalue weighted by Crippen LogP contribution is 2.35. The fourth-order valence-corrected chi connectivity index (χ4v) is 3.88. The van der Waals surface area contributed by atoms with Gasteiger partial charge in [-0.1, -0.05) is 25.1 Å². The molecule has 7 heteroatoms. The highest BCUT2D eigenvalue weighted by Gasteiger charge is 2.27. The number of rotatable bonds is 6. The Morgan fingerprint density at radius 1 is 1.00 bits per heavy atom. The Kier molecular flexibility index (Phi) is 6.23. The van der Waals surface area contributed by atoms with Gasteiger partial charge in [-0.25, -0.2) is 4.68 Å². The molecule has 2 aromatic carbocycles. The first-order chi connectivity index (χ1) is 15.1. The van der Waals surface area contributed by atoms with Crippen LogP contribution in [0.5, 0.6) is 11.5 Å². The van der Waals surface area contributed by atoms with Gasteiger partial charge in [-0.15, -0.1) is 0 Å². The summed E-state index contributed by atoms with van der Waals surface area (Å²) in [5, 5.41) is 4.80. The molecule has 0 atom stereocenters. The topological polar surface area (TPSA) is 59.8 Å². The number of carbonyl (C=O) groups is 1. The van der Waals surface area contributed by atoms with Crippen molar-refractivity contribution in [3.05, 3.63) is 60.3 Å². The zero-order valence-corrected chi connectivity index (χ0v) is 18.2. The van der Waals surface area contributed by atoms with Crippen LogP contribution in [0.2, 0.25) is 0 Å². The van der Waals surface area contributed by atoms with Crippen molar-refractivity contribution >= 4 is 5.91 Å². The van der Waals surface area contributed by atoms with Gasteiger partial charge in [0, 0.05) is 37.9 Å². The fraction of sp³-hybridized carbons (Fsp3) is 0.333. The highest BCUT2D eigenvalue weighted by atomic mass is 16.5. The number of aromatic nitrogens is 2. The van der Waals surface area contributed by atoms with Crippen molar-refractivity contribution < 1.29 is 14.3 Å². The smallest absolute Gasteiger partial charge is 0.257 e. The van der Waals surface area contributed by atoms with Crippen molar-refractivity contribution in [3.8, 4) is 28.4 Å². The predicted octanol–water partition coefficient (Wildman–Crippen LogP) is 3.33. The van der Waals surface area contributed by atoms with Crippen LogP contribution in [-0.4, -0.2) is 72.4 Å². The minimum absolute atomic E-state index is 0.0159. The molecule has 0 spiro atoms. The van der Waals surface area contributed by atoms with E-state index in [1.165, 1.54) is 0 Å². The van der Waals surface area contributed by atoms with E-state index in [1.807, 2.05) is 59.6 Å². The molecule has 0 unspecified atom stereocenters. The number of carbonyl (C=O) groups excluding carboxylic acids is 1. The van der Waals surface area contributed by atoms with E-state index in [9.17, 15) is 4.79 Å². The number of likely N-dealkylation sites (N-methyl/N-ethyl adjacent to an activating group) is 1. The second-order valence-corrected chi connectivity index (χ2v) is 7.46. The third kappa shape index (κ3) is 4.27. The zero-order valence-electron chi connectivity index (χ0n) is 18.2. The Hall–Kier alpha value is -3.32. The SMILES string of the molecule is CCN1CCN(C(=O)c2cn(-c3ccccc3)nc2-c2cc(OC)ccc2OC)CC1. The average molecular weight is 421 g/mol. The molecule has 0 radical (unpaired) electrons. The van der Waals surface area contributed by atoms with E-state index in [-0.39, 0.29) is 5.91 Å². The number of nitrogens with zero attached hydrogens (tertiary/aromatic N) is 4. The first kappa shape index (κ1) is 20.9. The second kappa shape index (κ2) is 9.22. The van der Waals surface area contributed by atoms with Crippen LogP contribution in [0.3, 0.4) is 0 Å². The quantitative estimate of drug-likeness (QED) is 0.612. The van der Waals surface area contributed by atoms with Crippen molar-refractivity contribution in [3.63, 3.8) is 0 Å². The zero-order chi connectivity index (χ0) is 21.8. The van der Waals surface area contributed by atoms with E-state index < -0.39 is 0 Å².